The Bertz CT molecular complexity index is 299. The van der Waals surface area contributed by atoms with Crippen LogP contribution in [0.4, 0.5) is 0 Å². The van der Waals surface area contributed by atoms with Crippen LogP contribution in [-0.2, 0) is 10.4 Å². The first kappa shape index (κ1) is 20.8. The molecule has 10 nitrogen and oxygen atoms in total. The second kappa shape index (κ2) is 9.62. The van der Waals surface area contributed by atoms with Crippen LogP contribution >= 0.6 is 0 Å². The summed E-state index contributed by atoms with van der Waals surface area (Å²) in [5.41, 5.74) is 9.89. The second-order valence-corrected chi connectivity index (χ2v) is 3.78. The summed E-state index contributed by atoms with van der Waals surface area (Å²) in [5.74, 6) is 0.185. The fourth-order valence-corrected chi connectivity index (χ4v) is 0. The molecule has 0 unspecified atom stereocenters. The number of hydrogen-bond donors (Lipinski definition) is 4. The van der Waals surface area contributed by atoms with Gasteiger partial charge in [0.2, 0.25) is 0 Å². The normalized spacial score (nSPS) is 8.82. The molecule has 0 heterocycles. The van der Waals surface area contributed by atoms with Crippen LogP contribution in [0, 0.1) is 10.8 Å². The lowest BCUT2D eigenvalue weighted by Gasteiger charge is -2.06. The number of nitrogens with two attached hydrogens (primary N) is 2. The maximum absolute atomic E-state index is 8.52. The van der Waals surface area contributed by atoms with Gasteiger partial charge in [-0.05, 0) is 0 Å². The highest BCUT2D eigenvalue weighted by molar-refractivity contribution is 7.79. The number of nitrogens with one attached hydrogen (secondary N) is 2. The van der Waals surface area contributed by atoms with Gasteiger partial charge in [0.15, 0.2) is 11.9 Å². The van der Waals surface area contributed by atoms with E-state index in [1.807, 2.05) is 0 Å². The van der Waals surface area contributed by atoms with Crippen LogP contribution in [0.3, 0.4) is 0 Å². The predicted molar refractivity (Wildman–Crippen MR) is 61.7 cm³/mol. The molecule has 17 heavy (non-hydrogen) atoms. The number of guanidine groups is 2. The molecular weight excluding hydrogens is 252 g/mol. The zero-order valence-corrected chi connectivity index (χ0v) is 10.9. The molecule has 0 aliphatic heterocycles. The highest BCUT2D eigenvalue weighted by Gasteiger charge is 1.83. The smallest absolute Gasteiger partial charge is 0.187 e. The molecule has 0 saturated heterocycles. The lowest BCUT2D eigenvalue weighted by molar-refractivity contribution is 0.352. The van der Waals surface area contributed by atoms with Gasteiger partial charge in [-0.25, -0.2) is 0 Å². The van der Waals surface area contributed by atoms with E-state index in [0.29, 0.717) is 0 Å². The van der Waals surface area contributed by atoms with Crippen molar-refractivity contribution in [2.75, 3.05) is 28.2 Å². The molecular formula is C6H18N6O4S-2. The summed E-state index contributed by atoms with van der Waals surface area (Å²) in [6.45, 7) is 0. The van der Waals surface area contributed by atoms with Gasteiger partial charge in [0.25, 0.3) is 0 Å². The lowest BCUT2D eigenvalue weighted by Crippen LogP contribution is -2.28. The SMILES string of the molecule is CN(C)C(=N)N.CN(C)C(=N)N.O=S(=O)([O-])[O-]. The van der Waals surface area contributed by atoms with E-state index in [0.717, 1.165) is 0 Å². The maximum atomic E-state index is 8.52. The average Bonchev–Trinajstić information content (AvgIpc) is 2.01. The van der Waals surface area contributed by atoms with Crippen molar-refractivity contribution < 1.29 is 17.5 Å². The third-order valence-corrected chi connectivity index (χ3v) is 0.964. The Kier molecular flexibility index (Phi) is 11.8. The van der Waals surface area contributed by atoms with Gasteiger partial charge in [0, 0.05) is 38.6 Å². The monoisotopic (exact) mass is 270 g/mol. The van der Waals surface area contributed by atoms with E-state index in [1.165, 1.54) is 9.80 Å². The van der Waals surface area contributed by atoms with E-state index in [2.05, 4.69) is 0 Å². The minimum Gasteiger partial charge on any atom is -0.759 e. The van der Waals surface area contributed by atoms with Crippen LogP contribution < -0.4 is 11.5 Å². The fraction of sp³-hybridized carbons (Fsp3) is 0.667. The molecule has 0 aromatic heterocycles. The Morgan fingerprint density at radius 3 is 1.00 bits per heavy atom. The van der Waals surface area contributed by atoms with Crippen LogP contribution in [0.1, 0.15) is 0 Å². The largest absolute Gasteiger partial charge is 0.759 e. The van der Waals surface area contributed by atoms with Crippen molar-refractivity contribution in [2.45, 2.75) is 0 Å². The zero-order valence-electron chi connectivity index (χ0n) is 10.1. The first-order valence-electron chi connectivity index (χ1n) is 3.98. The molecule has 0 aliphatic rings. The van der Waals surface area contributed by atoms with Crippen LogP contribution in [0.5, 0.6) is 0 Å². The van der Waals surface area contributed by atoms with Crippen molar-refractivity contribution >= 4 is 22.3 Å². The number of hydrogen-bond acceptors (Lipinski definition) is 6. The van der Waals surface area contributed by atoms with Crippen LogP contribution in [0.2, 0.25) is 0 Å². The Hall–Kier alpha value is -1.59. The topological polar surface area (TPSA) is 186 Å². The molecule has 0 saturated carbocycles. The van der Waals surface area contributed by atoms with Gasteiger partial charge in [-0.1, -0.05) is 0 Å². The van der Waals surface area contributed by atoms with Crippen LogP contribution in [-0.4, -0.2) is 67.4 Å². The Morgan fingerprint density at radius 1 is 0.941 bits per heavy atom. The number of nitrogens with zero attached hydrogens (tertiary/aromatic N) is 2. The summed E-state index contributed by atoms with van der Waals surface area (Å²) in [5, 5.41) is 13.3. The summed E-state index contributed by atoms with van der Waals surface area (Å²) < 4.78 is 34.1. The molecule has 0 atom stereocenters. The maximum Gasteiger partial charge on any atom is 0.187 e. The molecule has 0 aromatic rings. The summed E-state index contributed by atoms with van der Waals surface area (Å²) in [6.07, 6.45) is 0. The summed E-state index contributed by atoms with van der Waals surface area (Å²) in [7, 11) is 1.73. The van der Waals surface area contributed by atoms with Gasteiger partial charge in [-0.15, -0.1) is 0 Å². The summed E-state index contributed by atoms with van der Waals surface area (Å²) in [6, 6.07) is 0. The van der Waals surface area contributed by atoms with Gasteiger partial charge < -0.3 is 30.4 Å². The van der Waals surface area contributed by atoms with Crippen molar-refractivity contribution in [3.05, 3.63) is 0 Å². The molecule has 0 spiro atoms. The Labute approximate surface area is 101 Å². The molecule has 0 fully saturated rings. The molecule has 0 aromatic carbocycles. The summed E-state index contributed by atoms with van der Waals surface area (Å²) in [4.78, 5) is 3.06. The molecule has 0 bridgehead atoms. The van der Waals surface area contributed by atoms with Gasteiger partial charge in [0.05, 0.1) is 0 Å². The van der Waals surface area contributed by atoms with E-state index >= 15 is 0 Å². The standard InChI is InChI=1S/2C3H9N3.H2O4S/c2*1-6(2)3(4)5;1-5(2,3)4/h2*1-2H3,(H3,4,5);(H2,1,2,3,4)/p-2. The van der Waals surface area contributed by atoms with Gasteiger partial charge in [-0.3, -0.25) is 19.2 Å². The van der Waals surface area contributed by atoms with Gasteiger partial charge in [-0.2, -0.15) is 0 Å². The molecule has 0 amide bonds. The van der Waals surface area contributed by atoms with Crippen LogP contribution in [0.15, 0.2) is 0 Å². The first-order valence-corrected chi connectivity index (χ1v) is 5.31. The Morgan fingerprint density at radius 2 is 1.00 bits per heavy atom. The van der Waals surface area contributed by atoms with E-state index in [1.54, 1.807) is 28.2 Å². The fourth-order valence-electron chi connectivity index (χ4n) is 0. The van der Waals surface area contributed by atoms with Gasteiger partial charge in [0.1, 0.15) is 0 Å². The Balaban J connectivity index is -0.000000174. The molecule has 0 aliphatic carbocycles. The second-order valence-electron chi connectivity index (χ2n) is 2.97. The van der Waals surface area contributed by atoms with E-state index in [4.69, 9.17) is 39.8 Å². The minimum absolute atomic E-state index is 0.0926. The third-order valence-electron chi connectivity index (χ3n) is 0.964. The van der Waals surface area contributed by atoms with Crippen molar-refractivity contribution in [1.82, 2.24) is 9.80 Å². The molecule has 6 N–H and O–H groups in total. The third kappa shape index (κ3) is 54.0. The zero-order chi connectivity index (χ0) is 14.8. The first-order chi connectivity index (χ1) is 7.29. The molecule has 0 radical (unpaired) electrons. The van der Waals surface area contributed by atoms with Crippen LogP contribution in [0.25, 0.3) is 0 Å². The van der Waals surface area contributed by atoms with Crippen molar-refractivity contribution in [1.29, 1.82) is 10.8 Å². The van der Waals surface area contributed by atoms with E-state index in [-0.39, 0.29) is 11.9 Å². The quantitative estimate of drug-likeness (QED) is 0.161. The molecule has 104 valence electrons. The van der Waals surface area contributed by atoms with Crippen molar-refractivity contribution in [2.24, 2.45) is 11.5 Å². The minimum atomic E-state index is -5.17. The average molecular weight is 270 g/mol. The predicted octanol–water partition coefficient (Wildman–Crippen LogP) is -2.46. The number of rotatable bonds is 0. The summed E-state index contributed by atoms with van der Waals surface area (Å²) >= 11 is 0. The van der Waals surface area contributed by atoms with Crippen molar-refractivity contribution in [3.63, 3.8) is 0 Å². The van der Waals surface area contributed by atoms with Crippen molar-refractivity contribution in [3.8, 4) is 0 Å². The highest BCUT2D eigenvalue weighted by Crippen LogP contribution is 1.63. The van der Waals surface area contributed by atoms with E-state index in [9.17, 15) is 0 Å². The highest BCUT2D eigenvalue weighted by atomic mass is 32.3. The van der Waals surface area contributed by atoms with E-state index < -0.39 is 10.4 Å². The molecule has 11 heteroatoms. The van der Waals surface area contributed by atoms with Gasteiger partial charge >= 0.3 is 0 Å². The lowest BCUT2D eigenvalue weighted by atomic mass is 10.8. The molecule has 0 rings (SSSR count).